The highest BCUT2D eigenvalue weighted by molar-refractivity contribution is 6.43. The standard InChI is InChI=1S/C26H29Cl2N3O3/c1-30(2)20-11-8-19(9-12-20)17-31(26(32)29-22-7-5-6-21(27)25(22)28)15-14-18-10-13-23(33-3)24(16-18)34-4/h5-13,16H,14-15,17H2,1-4H3,(H,29,32). The molecule has 3 rings (SSSR count). The van der Waals surface area contributed by atoms with Crippen LogP contribution in [0.4, 0.5) is 16.2 Å². The number of carbonyl (C=O) groups is 1. The molecule has 0 aromatic heterocycles. The Labute approximate surface area is 211 Å². The Hall–Kier alpha value is -3.09. The van der Waals surface area contributed by atoms with Crippen LogP contribution in [0.1, 0.15) is 11.1 Å². The minimum atomic E-state index is -0.263. The first-order chi connectivity index (χ1) is 16.3. The van der Waals surface area contributed by atoms with Crippen molar-refractivity contribution in [1.82, 2.24) is 4.90 Å². The van der Waals surface area contributed by atoms with Crippen LogP contribution in [0.2, 0.25) is 10.0 Å². The molecule has 3 aromatic rings. The van der Waals surface area contributed by atoms with Crippen molar-refractivity contribution in [2.75, 3.05) is 45.1 Å². The summed E-state index contributed by atoms with van der Waals surface area (Å²) in [5.74, 6) is 1.32. The lowest BCUT2D eigenvalue weighted by atomic mass is 10.1. The second-order valence-electron chi connectivity index (χ2n) is 7.95. The monoisotopic (exact) mass is 501 g/mol. The second kappa shape index (κ2) is 11.9. The minimum absolute atomic E-state index is 0.263. The number of ether oxygens (including phenoxy) is 2. The molecule has 0 saturated heterocycles. The van der Waals surface area contributed by atoms with E-state index in [1.807, 2.05) is 61.5 Å². The summed E-state index contributed by atoms with van der Waals surface area (Å²) in [6.45, 7) is 0.917. The van der Waals surface area contributed by atoms with Crippen LogP contribution in [0.25, 0.3) is 0 Å². The molecule has 34 heavy (non-hydrogen) atoms. The minimum Gasteiger partial charge on any atom is -0.493 e. The molecule has 0 heterocycles. The van der Waals surface area contributed by atoms with Gasteiger partial charge in [0.1, 0.15) is 0 Å². The topological polar surface area (TPSA) is 54.0 Å². The van der Waals surface area contributed by atoms with Gasteiger partial charge in [0.05, 0.1) is 30.0 Å². The van der Waals surface area contributed by atoms with E-state index in [0.717, 1.165) is 16.8 Å². The van der Waals surface area contributed by atoms with E-state index in [1.165, 1.54) is 0 Å². The van der Waals surface area contributed by atoms with E-state index in [2.05, 4.69) is 5.32 Å². The number of methoxy groups -OCH3 is 2. The van der Waals surface area contributed by atoms with Crippen molar-refractivity contribution >= 4 is 40.6 Å². The summed E-state index contributed by atoms with van der Waals surface area (Å²) in [7, 11) is 7.19. The van der Waals surface area contributed by atoms with Gasteiger partial charge in [-0.15, -0.1) is 0 Å². The van der Waals surface area contributed by atoms with Crippen molar-refractivity contribution in [2.45, 2.75) is 13.0 Å². The van der Waals surface area contributed by atoms with Crippen molar-refractivity contribution in [2.24, 2.45) is 0 Å². The first-order valence-electron chi connectivity index (χ1n) is 10.8. The number of hydrogen-bond acceptors (Lipinski definition) is 4. The normalized spacial score (nSPS) is 10.5. The molecule has 0 spiro atoms. The molecule has 1 N–H and O–H groups in total. The molecule has 180 valence electrons. The fourth-order valence-electron chi connectivity index (χ4n) is 3.47. The van der Waals surface area contributed by atoms with Crippen molar-refractivity contribution < 1.29 is 14.3 Å². The van der Waals surface area contributed by atoms with Crippen LogP contribution < -0.4 is 19.7 Å². The molecule has 0 atom stereocenters. The van der Waals surface area contributed by atoms with Gasteiger partial charge in [0.15, 0.2) is 11.5 Å². The summed E-state index contributed by atoms with van der Waals surface area (Å²) in [6.07, 6.45) is 0.632. The quantitative estimate of drug-likeness (QED) is 0.370. The van der Waals surface area contributed by atoms with Gasteiger partial charge in [0.25, 0.3) is 0 Å². The summed E-state index contributed by atoms with van der Waals surface area (Å²) in [5.41, 5.74) is 3.61. The first kappa shape index (κ1) is 25.5. The van der Waals surface area contributed by atoms with Crippen LogP contribution in [0.3, 0.4) is 0 Å². The number of anilines is 2. The maximum Gasteiger partial charge on any atom is 0.322 e. The highest BCUT2D eigenvalue weighted by Crippen LogP contribution is 2.30. The molecule has 3 aromatic carbocycles. The average molecular weight is 502 g/mol. The third-order valence-electron chi connectivity index (χ3n) is 5.42. The van der Waals surface area contributed by atoms with Crippen LogP contribution >= 0.6 is 23.2 Å². The predicted molar refractivity (Wildman–Crippen MR) is 140 cm³/mol. The van der Waals surface area contributed by atoms with Crippen LogP contribution in [0.5, 0.6) is 11.5 Å². The summed E-state index contributed by atoms with van der Waals surface area (Å²) in [4.78, 5) is 17.0. The molecule has 2 amide bonds. The third kappa shape index (κ3) is 6.49. The molecule has 0 aliphatic rings. The molecule has 0 aliphatic carbocycles. The van der Waals surface area contributed by atoms with Crippen molar-refractivity contribution in [3.8, 4) is 11.5 Å². The number of rotatable bonds is 9. The Morgan fingerprint density at radius 2 is 1.59 bits per heavy atom. The van der Waals surface area contributed by atoms with E-state index < -0.39 is 0 Å². The smallest absolute Gasteiger partial charge is 0.322 e. The van der Waals surface area contributed by atoms with Crippen molar-refractivity contribution in [3.05, 3.63) is 81.8 Å². The second-order valence-corrected chi connectivity index (χ2v) is 8.74. The molecule has 0 unspecified atom stereocenters. The van der Waals surface area contributed by atoms with E-state index in [1.54, 1.807) is 37.3 Å². The lowest BCUT2D eigenvalue weighted by Gasteiger charge is -2.24. The largest absolute Gasteiger partial charge is 0.493 e. The lowest BCUT2D eigenvalue weighted by Crippen LogP contribution is -2.36. The zero-order valence-corrected chi connectivity index (χ0v) is 21.3. The van der Waals surface area contributed by atoms with Gasteiger partial charge >= 0.3 is 6.03 Å². The van der Waals surface area contributed by atoms with Gasteiger partial charge in [-0.05, 0) is 53.9 Å². The fourth-order valence-corrected chi connectivity index (χ4v) is 3.81. The van der Waals surface area contributed by atoms with E-state index in [9.17, 15) is 4.79 Å². The van der Waals surface area contributed by atoms with E-state index in [0.29, 0.717) is 46.7 Å². The van der Waals surface area contributed by atoms with E-state index >= 15 is 0 Å². The van der Waals surface area contributed by atoms with Crippen LogP contribution in [0.15, 0.2) is 60.7 Å². The van der Waals surface area contributed by atoms with Gasteiger partial charge in [0.2, 0.25) is 0 Å². The zero-order chi connectivity index (χ0) is 24.7. The summed E-state index contributed by atoms with van der Waals surface area (Å²) in [5, 5.41) is 3.59. The molecule has 6 nitrogen and oxygen atoms in total. The Kier molecular flexibility index (Phi) is 8.91. The van der Waals surface area contributed by atoms with Crippen LogP contribution in [-0.2, 0) is 13.0 Å². The maximum absolute atomic E-state index is 13.3. The fraction of sp³-hybridized carbons (Fsp3) is 0.269. The summed E-state index contributed by atoms with van der Waals surface area (Å²) in [6, 6.07) is 18.8. The molecular weight excluding hydrogens is 473 g/mol. The SMILES string of the molecule is COc1ccc(CCN(Cc2ccc(N(C)C)cc2)C(=O)Nc2cccc(Cl)c2Cl)cc1OC. The number of halogens is 2. The number of nitrogens with zero attached hydrogens (tertiary/aromatic N) is 2. The number of nitrogens with one attached hydrogen (secondary N) is 1. The summed E-state index contributed by atoms with van der Waals surface area (Å²) < 4.78 is 10.7. The van der Waals surface area contributed by atoms with Gasteiger partial charge in [-0.2, -0.15) is 0 Å². The number of urea groups is 1. The van der Waals surface area contributed by atoms with Gasteiger partial charge < -0.3 is 24.6 Å². The Balaban J connectivity index is 1.80. The molecule has 0 saturated carbocycles. The lowest BCUT2D eigenvalue weighted by molar-refractivity contribution is 0.210. The predicted octanol–water partition coefficient (Wildman–Crippen LogP) is 6.35. The molecule has 8 heteroatoms. The molecule has 0 aliphatic heterocycles. The molecular formula is C26H29Cl2N3O3. The zero-order valence-electron chi connectivity index (χ0n) is 19.8. The number of hydrogen-bond donors (Lipinski definition) is 1. The molecule has 0 radical (unpaired) electrons. The van der Waals surface area contributed by atoms with Crippen LogP contribution in [0, 0.1) is 0 Å². The molecule has 0 fully saturated rings. The highest BCUT2D eigenvalue weighted by atomic mass is 35.5. The van der Waals surface area contributed by atoms with Crippen molar-refractivity contribution in [3.63, 3.8) is 0 Å². The third-order valence-corrected chi connectivity index (χ3v) is 6.24. The maximum atomic E-state index is 13.3. The highest BCUT2D eigenvalue weighted by Gasteiger charge is 2.17. The number of benzene rings is 3. The Morgan fingerprint density at radius 1 is 0.912 bits per heavy atom. The van der Waals surface area contributed by atoms with Gasteiger partial charge in [-0.3, -0.25) is 0 Å². The summed E-state index contributed by atoms with van der Waals surface area (Å²) >= 11 is 12.4. The number of amides is 2. The van der Waals surface area contributed by atoms with Gasteiger partial charge in [-0.1, -0.05) is 47.5 Å². The Bertz CT molecular complexity index is 1120. The van der Waals surface area contributed by atoms with Crippen LogP contribution in [-0.4, -0.2) is 45.8 Å². The molecule has 0 bridgehead atoms. The number of carbonyl (C=O) groups excluding carboxylic acids is 1. The van der Waals surface area contributed by atoms with E-state index in [-0.39, 0.29) is 6.03 Å². The van der Waals surface area contributed by atoms with Crippen molar-refractivity contribution in [1.29, 1.82) is 0 Å². The van der Waals surface area contributed by atoms with E-state index in [4.69, 9.17) is 32.7 Å². The average Bonchev–Trinajstić information content (AvgIpc) is 2.84. The van der Waals surface area contributed by atoms with Gasteiger partial charge in [0, 0.05) is 32.9 Å². The Morgan fingerprint density at radius 3 is 2.24 bits per heavy atom. The van der Waals surface area contributed by atoms with Gasteiger partial charge in [-0.25, -0.2) is 4.79 Å². The first-order valence-corrected chi connectivity index (χ1v) is 11.5.